The maximum atomic E-state index is 12.4. The van der Waals surface area contributed by atoms with Crippen molar-refractivity contribution in [3.05, 3.63) is 59.7 Å². The lowest BCUT2D eigenvalue weighted by Gasteiger charge is -2.13. The number of methoxy groups -OCH3 is 1. The minimum atomic E-state index is -0.346. The van der Waals surface area contributed by atoms with Gasteiger partial charge >= 0.3 is 5.97 Å². The van der Waals surface area contributed by atoms with Crippen LogP contribution in [-0.4, -0.2) is 31.0 Å². The van der Waals surface area contributed by atoms with Gasteiger partial charge in [0.15, 0.2) is 5.78 Å². The maximum absolute atomic E-state index is 12.4. The number of ketones is 1. The zero-order valence-corrected chi connectivity index (χ0v) is 13.9. The Bertz CT molecular complexity index is 790. The van der Waals surface area contributed by atoms with Gasteiger partial charge in [-0.15, -0.1) is 0 Å². The van der Waals surface area contributed by atoms with Crippen LogP contribution in [0.25, 0.3) is 0 Å². The monoisotopic (exact) mass is 339 g/mol. The van der Waals surface area contributed by atoms with Crippen molar-refractivity contribution in [3.8, 4) is 5.75 Å². The summed E-state index contributed by atoms with van der Waals surface area (Å²) < 4.78 is 10.2. The normalized spacial score (nSPS) is 11.1. The molecule has 2 rings (SSSR count). The molecule has 0 spiro atoms. The molecule has 0 radical (unpaired) electrons. The summed E-state index contributed by atoms with van der Waals surface area (Å²) in [5.41, 5.74) is 1.42. The molecule has 6 heteroatoms. The van der Waals surface area contributed by atoms with Gasteiger partial charge in [-0.3, -0.25) is 9.59 Å². The molecule has 0 saturated carbocycles. The van der Waals surface area contributed by atoms with E-state index in [1.165, 1.54) is 13.2 Å². The first-order valence-corrected chi connectivity index (χ1v) is 7.59. The average Bonchev–Trinajstić information content (AvgIpc) is 2.62. The summed E-state index contributed by atoms with van der Waals surface area (Å²) in [5, 5.41) is 0. The summed E-state index contributed by atoms with van der Waals surface area (Å²) in [5.74, 6) is 0.0565. The van der Waals surface area contributed by atoms with Gasteiger partial charge in [-0.05, 0) is 55.5 Å². The fourth-order valence-corrected chi connectivity index (χ4v) is 2.18. The number of nitrogens with zero attached hydrogens (tertiary/aromatic N) is 1. The van der Waals surface area contributed by atoms with Crippen molar-refractivity contribution in [3.63, 3.8) is 0 Å². The molecule has 0 aliphatic heterocycles. The van der Waals surface area contributed by atoms with Crippen LogP contribution in [0, 0.1) is 0 Å². The van der Waals surface area contributed by atoms with Crippen LogP contribution in [0.2, 0.25) is 0 Å². The Kier molecular flexibility index (Phi) is 6.20. The van der Waals surface area contributed by atoms with Crippen molar-refractivity contribution in [1.29, 1.82) is 0 Å². The number of hydrogen-bond donors (Lipinski definition) is 0. The van der Waals surface area contributed by atoms with E-state index in [9.17, 15) is 14.4 Å². The topological polar surface area (TPSA) is 82.0 Å². The molecule has 0 amide bonds. The number of carbonyl (C=O) groups excluding carboxylic acids is 3. The first-order chi connectivity index (χ1) is 12.0. The predicted molar refractivity (Wildman–Crippen MR) is 90.8 cm³/mol. The first-order valence-electron chi connectivity index (χ1n) is 7.59. The summed E-state index contributed by atoms with van der Waals surface area (Å²) in [6, 6.07) is 13.0. The van der Waals surface area contributed by atoms with Crippen LogP contribution in [0.5, 0.6) is 5.75 Å². The molecule has 128 valence electrons. The Morgan fingerprint density at radius 1 is 1.04 bits per heavy atom. The third-order valence-electron chi connectivity index (χ3n) is 3.44. The Hall–Kier alpha value is -3.24. The molecular weight excluding hydrogens is 322 g/mol. The van der Waals surface area contributed by atoms with Gasteiger partial charge in [0.05, 0.1) is 19.2 Å². The van der Waals surface area contributed by atoms with E-state index in [-0.39, 0.29) is 24.3 Å². The van der Waals surface area contributed by atoms with Gasteiger partial charge in [-0.2, -0.15) is 4.99 Å². The molecule has 0 saturated heterocycles. The van der Waals surface area contributed by atoms with E-state index in [1.807, 2.05) is 0 Å². The highest BCUT2D eigenvalue weighted by Crippen LogP contribution is 2.19. The standard InChI is InChI=1S/C19H17NO5/c1-13(11-18(22)24-2)25-17-9-5-15(6-10-17)19(23)14-3-7-16(8-4-14)20-12-21/h3-10,13H,11H2,1-2H3. The Morgan fingerprint density at radius 2 is 1.60 bits per heavy atom. The average molecular weight is 339 g/mol. The van der Waals surface area contributed by atoms with E-state index in [2.05, 4.69) is 9.73 Å². The molecule has 0 N–H and O–H groups in total. The largest absolute Gasteiger partial charge is 0.490 e. The Labute approximate surface area is 145 Å². The fraction of sp³-hybridized carbons (Fsp3) is 0.211. The highest BCUT2D eigenvalue weighted by molar-refractivity contribution is 6.09. The van der Waals surface area contributed by atoms with E-state index in [0.717, 1.165) is 0 Å². The van der Waals surface area contributed by atoms with Crippen LogP contribution in [0.15, 0.2) is 53.5 Å². The second-order valence-electron chi connectivity index (χ2n) is 5.31. The second kappa shape index (κ2) is 8.57. The number of benzene rings is 2. The van der Waals surface area contributed by atoms with Crippen LogP contribution >= 0.6 is 0 Å². The van der Waals surface area contributed by atoms with Crippen molar-refractivity contribution >= 4 is 23.5 Å². The highest BCUT2D eigenvalue weighted by atomic mass is 16.5. The van der Waals surface area contributed by atoms with E-state index in [4.69, 9.17) is 4.74 Å². The number of hydrogen-bond acceptors (Lipinski definition) is 6. The molecule has 2 aromatic carbocycles. The van der Waals surface area contributed by atoms with E-state index in [1.54, 1.807) is 55.5 Å². The quantitative estimate of drug-likeness (QED) is 0.335. The van der Waals surface area contributed by atoms with E-state index < -0.39 is 0 Å². The maximum Gasteiger partial charge on any atom is 0.309 e. The van der Waals surface area contributed by atoms with Gasteiger partial charge in [-0.1, -0.05) is 0 Å². The minimum absolute atomic E-state index is 0.146. The molecular formula is C19H17NO5. The highest BCUT2D eigenvalue weighted by Gasteiger charge is 2.12. The number of rotatable bonds is 7. The van der Waals surface area contributed by atoms with Gasteiger partial charge in [-0.25, -0.2) is 4.79 Å². The zero-order chi connectivity index (χ0) is 18.2. The summed E-state index contributed by atoms with van der Waals surface area (Å²) in [6.07, 6.45) is 1.26. The lowest BCUT2D eigenvalue weighted by atomic mass is 10.0. The Morgan fingerprint density at radius 3 is 2.12 bits per heavy atom. The van der Waals surface area contributed by atoms with Crippen molar-refractivity contribution in [2.75, 3.05) is 7.11 Å². The van der Waals surface area contributed by atoms with Gasteiger partial charge in [0.2, 0.25) is 6.08 Å². The zero-order valence-electron chi connectivity index (χ0n) is 13.9. The predicted octanol–water partition coefficient (Wildman–Crippen LogP) is 3.22. The number of ether oxygens (including phenoxy) is 2. The smallest absolute Gasteiger partial charge is 0.309 e. The van der Waals surface area contributed by atoms with Gasteiger partial charge in [0, 0.05) is 11.1 Å². The van der Waals surface area contributed by atoms with Crippen LogP contribution < -0.4 is 4.74 Å². The molecule has 1 atom stereocenters. The number of isocyanates is 1. The second-order valence-corrected chi connectivity index (χ2v) is 5.31. The molecule has 0 fully saturated rings. The molecule has 6 nitrogen and oxygen atoms in total. The van der Waals surface area contributed by atoms with Crippen LogP contribution in [0.3, 0.4) is 0 Å². The van der Waals surface area contributed by atoms with Crippen LogP contribution in [0.1, 0.15) is 29.3 Å². The molecule has 0 aliphatic rings. The Balaban J connectivity index is 2.04. The number of aliphatic imine (C=N–C) groups is 1. The first kappa shape index (κ1) is 18.1. The summed E-state index contributed by atoms with van der Waals surface area (Å²) in [4.78, 5) is 37.3. The SMILES string of the molecule is COC(=O)CC(C)Oc1ccc(C(=O)c2ccc(N=C=O)cc2)cc1. The molecule has 25 heavy (non-hydrogen) atoms. The minimum Gasteiger partial charge on any atom is -0.490 e. The number of carbonyl (C=O) groups is 2. The molecule has 0 aliphatic carbocycles. The van der Waals surface area contributed by atoms with Crippen molar-refractivity contribution in [1.82, 2.24) is 0 Å². The van der Waals surface area contributed by atoms with E-state index in [0.29, 0.717) is 22.6 Å². The van der Waals surface area contributed by atoms with Gasteiger partial charge < -0.3 is 9.47 Å². The third-order valence-corrected chi connectivity index (χ3v) is 3.44. The summed E-state index contributed by atoms with van der Waals surface area (Å²) in [7, 11) is 1.33. The lowest BCUT2D eigenvalue weighted by molar-refractivity contribution is -0.142. The fourth-order valence-electron chi connectivity index (χ4n) is 2.18. The molecule has 0 aromatic heterocycles. The van der Waals surface area contributed by atoms with Gasteiger partial charge in [0.25, 0.3) is 0 Å². The summed E-state index contributed by atoms with van der Waals surface area (Å²) in [6.45, 7) is 1.76. The number of esters is 1. The molecule has 0 bridgehead atoms. The third kappa shape index (κ3) is 5.12. The van der Waals surface area contributed by atoms with Crippen molar-refractivity contribution in [2.45, 2.75) is 19.4 Å². The molecule has 0 heterocycles. The van der Waals surface area contributed by atoms with Crippen LogP contribution in [0.4, 0.5) is 5.69 Å². The summed E-state index contributed by atoms with van der Waals surface area (Å²) >= 11 is 0. The van der Waals surface area contributed by atoms with Gasteiger partial charge in [0.1, 0.15) is 11.9 Å². The van der Waals surface area contributed by atoms with Crippen molar-refractivity contribution < 1.29 is 23.9 Å². The molecule has 2 aromatic rings. The molecule has 1 unspecified atom stereocenters. The lowest BCUT2D eigenvalue weighted by Crippen LogP contribution is -2.17. The van der Waals surface area contributed by atoms with Crippen molar-refractivity contribution in [2.24, 2.45) is 4.99 Å². The van der Waals surface area contributed by atoms with Crippen LogP contribution in [-0.2, 0) is 14.3 Å². The van der Waals surface area contributed by atoms with E-state index >= 15 is 0 Å².